The van der Waals surface area contributed by atoms with Crippen LogP contribution < -0.4 is 0 Å². The van der Waals surface area contributed by atoms with Crippen LogP contribution in [0.5, 0.6) is 0 Å². The Morgan fingerprint density at radius 3 is 1.30 bits per heavy atom. The summed E-state index contributed by atoms with van der Waals surface area (Å²) in [6.07, 6.45) is 1.98. The van der Waals surface area contributed by atoms with E-state index in [1.165, 1.54) is 48.5 Å². The summed E-state index contributed by atoms with van der Waals surface area (Å²) in [6.45, 7) is -1.57. The van der Waals surface area contributed by atoms with E-state index in [9.17, 15) is 42.3 Å². The van der Waals surface area contributed by atoms with Crippen LogP contribution in [0.4, 0.5) is 0 Å². The first-order valence-electron chi connectivity index (χ1n) is 9.29. The zero-order chi connectivity index (χ0) is 25.0. The first-order valence-corrected chi connectivity index (χ1v) is 13.1. The van der Waals surface area contributed by atoms with Crippen LogP contribution in [0.2, 0.25) is 0 Å². The fourth-order valence-electron chi connectivity index (χ4n) is 3.31. The van der Waals surface area contributed by atoms with E-state index in [0.717, 1.165) is 12.5 Å². The van der Waals surface area contributed by atoms with Gasteiger partial charge in [-0.25, -0.2) is 16.8 Å². The number of hydrogen-bond donors (Lipinski definition) is 1. The van der Waals surface area contributed by atoms with E-state index < -0.39 is 54.4 Å². The largest absolute Gasteiger partial charge is 0.411 e. The highest BCUT2D eigenvalue weighted by atomic mass is 32.2. The molecule has 0 heterocycles. The summed E-state index contributed by atoms with van der Waals surface area (Å²) in [5, 5.41) is 35.6. The SMILES string of the molecule is CS(=O)(=O)c1ccc(C(C[N+](=O)[O-])C(=NO)C(C[N+](=O)[O-])c2ccc(S(C)(=O)=O)cc2)cc1. The van der Waals surface area contributed by atoms with E-state index in [1.54, 1.807) is 0 Å². The van der Waals surface area contributed by atoms with Crippen molar-refractivity contribution in [3.05, 3.63) is 79.9 Å². The molecule has 0 aromatic heterocycles. The number of nitrogens with zero attached hydrogens (tertiary/aromatic N) is 3. The topological polar surface area (TPSA) is 187 Å². The van der Waals surface area contributed by atoms with E-state index in [1.807, 2.05) is 0 Å². The molecule has 0 radical (unpaired) electrons. The highest BCUT2D eigenvalue weighted by Gasteiger charge is 2.35. The van der Waals surface area contributed by atoms with Gasteiger partial charge in [-0.2, -0.15) is 0 Å². The number of rotatable bonds is 10. The van der Waals surface area contributed by atoms with Gasteiger partial charge in [-0.3, -0.25) is 20.2 Å². The number of benzene rings is 2. The summed E-state index contributed by atoms with van der Waals surface area (Å²) >= 11 is 0. The van der Waals surface area contributed by atoms with Gasteiger partial charge in [0.1, 0.15) is 0 Å². The second-order valence-electron chi connectivity index (χ2n) is 7.34. The molecule has 2 atom stereocenters. The van der Waals surface area contributed by atoms with Crippen molar-refractivity contribution in [2.24, 2.45) is 5.16 Å². The van der Waals surface area contributed by atoms with Gasteiger partial charge in [0, 0.05) is 22.4 Å². The molecule has 0 spiro atoms. The minimum Gasteiger partial charge on any atom is -0.411 e. The van der Waals surface area contributed by atoms with Crippen molar-refractivity contribution in [1.82, 2.24) is 0 Å². The molecule has 0 aliphatic heterocycles. The number of sulfone groups is 2. The van der Waals surface area contributed by atoms with Crippen LogP contribution in [0.25, 0.3) is 0 Å². The smallest absolute Gasteiger partial charge is 0.216 e. The van der Waals surface area contributed by atoms with Gasteiger partial charge in [0.15, 0.2) is 19.7 Å². The summed E-state index contributed by atoms with van der Waals surface area (Å²) in [4.78, 5) is 21.2. The molecule has 33 heavy (non-hydrogen) atoms. The van der Waals surface area contributed by atoms with Crippen LogP contribution in [0.3, 0.4) is 0 Å². The Hall–Kier alpha value is -3.39. The molecule has 12 nitrogen and oxygen atoms in total. The molecule has 0 saturated heterocycles. The predicted molar refractivity (Wildman–Crippen MR) is 118 cm³/mol. The van der Waals surface area contributed by atoms with Crippen LogP contribution in [0.15, 0.2) is 63.5 Å². The Labute approximate surface area is 189 Å². The second kappa shape index (κ2) is 10.0. The van der Waals surface area contributed by atoms with Gasteiger partial charge < -0.3 is 5.21 Å². The average molecular weight is 500 g/mol. The summed E-state index contributed by atoms with van der Waals surface area (Å²) in [5.41, 5.74) is 0.142. The monoisotopic (exact) mass is 499 g/mol. The first-order chi connectivity index (χ1) is 15.2. The molecule has 0 bridgehead atoms. The highest BCUT2D eigenvalue weighted by Crippen LogP contribution is 2.30. The lowest BCUT2D eigenvalue weighted by atomic mass is 9.83. The molecule has 1 N–H and O–H groups in total. The molecule has 0 aliphatic carbocycles. The molecule has 0 amide bonds. The molecule has 0 fully saturated rings. The average Bonchev–Trinajstić information content (AvgIpc) is 2.71. The molecule has 0 saturated carbocycles. The second-order valence-corrected chi connectivity index (χ2v) is 11.4. The molecule has 2 aromatic rings. The third kappa shape index (κ3) is 6.79. The summed E-state index contributed by atoms with van der Waals surface area (Å²) < 4.78 is 46.8. The Morgan fingerprint density at radius 1 is 0.788 bits per heavy atom. The lowest BCUT2D eigenvalue weighted by Crippen LogP contribution is -2.30. The van der Waals surface area contributed by atoms with E-state index in [4.69, 9.17) is 0 Å². The maximum Gasteiger partial charge on any atom is 0.216 e. The van der Waals surface area contributed by atoms with Crippen molar-refractivity contribution in [2.75, 3.05) is 25.6 Å². The maximum atomic E-state index is 11.7. The Morgan fingerprint density at radius 2 is 1.09 bits per heavy atom. The van der Waals surface area contributed by atoms with Gasteiger partial charge >= 0.3 is 0 Å². The lowest BCUT2D eigenvalue weighted by molar-refractivity contribution is -0.483. The van der Waals surface area contributed by atoms with E-state index in [-0.39, 0.29) is 26.6 Å². The summed E-state index contributed by atoms with van der Waals surface area (Å²) in [5.74, 6) is -2.45. The van der Waals surface area contributed by atoms with Crippen molar-refractivity contribution < 1.29 is 31.9 Å². The molecular formula is C19H21N3O9S2. The fourth-order valence-corrected chi connectivity index (χ4v) is 4.58. The highest BCUT2D eigenvalue weighted by molar-refractivity contribution is 7.91. The molecule has 2 aromatic carbocycles. The van der Waals surface area contributed by atoms with Crippen molar-refractivity contribution in [3.8, 4) is 0 Å². The van der Waals surface area contributed by atoms with Crippen LogP contribution >= 0.6 is 0 Å². The van der Waals surface area contributed by atoms with Crippen molar-refractivity contribution in [2.45, 2.75) is 21.6 Å². The number of hydrogen-bond acceptors (Lipinski definition) is 10. The zero-order valence-corrected chi connectivity index (χ0v) is 19.2. The molecule has 2 rings (SSSR count). The van der Waals surface area contributed by atoms with Crippen LogP contribution in [0.1, 0.15) is 23.0 Å². The molecule has 2 unspecified atom stereocenters. The van der Waals surface area contributed by atoms with Gasteiger partial charge in [-0.05, 0) is 35.4 Å². The molecular weight excluding hydrogens is 478 g/mol. The van der Waals surface area contributed by atoms with Gasteiger partial charge in [-0.15, -0.1) is 0 Å². The third-order valence-electron chi connectivity index (χ3n) is 4.91. The first kappa shape index (κ1) is 25.9. The zero-order valence-electron chi connectivity index (χ0n) is 17.6. The molecule has 14 heteroatoms. The van der Waals surface area contributed by atoms with Gasteiger partial charge in [-0.1, -0.05) is 29.4 Å². The van der Waals surface area contributed by atoms with Crippen LogP contribution in [-0.4, -0.2) is 63.2 Å². The normalized spacial score (nSPS) is 13.6. The fraction of sp³-hybridized carbons (Fsp3) is 0.316. The van der Waals surface area contributed by atoms with E-state index >= 15 is 0 Å². The standard InChI is InChI=1S/C19H21N3O9S2/c1-32(28,29)15-7-3-13(4-8-15)17(11-21(24)25)19(20-23)18(12-22(26)27)14-5-9-16(10-6-14)33(2,30)31/h3-10,17-18,23H,11-12H2,1-2H3. The van der Waals surface area contributed by atoms with Gasteiger partial charge in [0.05, 0.1) is 27.3 Å². The van der Waals surface area contributed by atoms with Crippen molar-refractivity contribution in [3.63, 3.8) is 0 Å². The minimum absolute atomic E-state index is 0.0354. The maximum absolute atomic E-state index is 11.7. The van der Waals surface area contributed by atoms with Crippen LogP contribution in [-0.2, 0) is 19.7 Å². The summed E-state index contributed by atoms with van der Waals surface area (Å²) in [7, 11) is -7.07. The van der Waals surface area contributed by atoms with Gasteiger partial charge in [0.2, 0.25) is 13.1 Å². The lowest BCUT2D eigenvalue weighted by Gasteiger charge is -2.21. The Balaban J connectivity index is 2.59. The van der Waals surface area contributed by atoms with E-state index in [0.29, 0.717) is 0 Å². The minimum atomic E-state index is -3.54. The Kier molecular flexibility index (Phi) is 7.87. The predicted octanol–water partition coefficient (Wildman–Crippen LogP) is 1.74. The van der Waals surface area contributed by atoms with Gasteiger partial charge in [0.25, 0.3) is 0 Å². The third-order valence-corrected chi connectivity index (χ3v) is 7.17. The quantitative estimate of drug-likeness (QED) is 0.220. The Bertz CT molecular complexity index is 1170. The number of oxime groups is 1. The van der Waals surface area contributed by atoms with Crippen LogP contribution in [0, 0.1) is 20.2 Å². The molecule has 0 aliphatic rings. The van der Waals surface area contributed by atoms with Crippen molar-refractivity contribution >= 4 is 25.4 Å². The number of nitro groups is 2. The van der Waals surface area contributed by atoms with Crippen molar-refractivity contribution in [1.29, 1.82) is 0 Å². The molecule has 178 valence electrons. The van der Waals surface area contributed by atoms with E-state index in [2.05, 4.69) is 5.16 Å². The summed E-state index contributed by atoms with van der Waals surface area (Å²) in [6, 6.07) is 10.2.